The van der Waals surface area contributed by atoms with Crippen LogP contribution in [0.4, 0.5) is 0 Å². The van der Waals surface area contributed by atoms with Crippen molar-refractivity contribution in [3.8, 4) is 6.07 Å². The number of aromatic nitrogens is 1. The number of hydrogen-bond acceptors (Lipinski definition) is 5. The summed E-state index contributed by atoms with van der Waals surface area (Å²) in [6.45, 7) is 4.01. The highest BCUT2D eigenvalue weighted by atomic mass is 32.2. The number of likely N-dealkylation sites (N-methyl/N-ethyl adjacent to an activating group) is 1. The largest absolute Gasteiger partial charge is 0.299 e. The molecule has 0 aliphatic heterocycles. The lowest BCUT2D eigenvalue weighted by Crippen LogP contribution is -2.36. The van der Waals surface area contributed by atoms with E-state index in [4.69, 9.17) is 5.26 Å². The molecule has 1 aromatic rings. The third kappa shape index (κ3) is 3.54. The summed E-state index contributed by atoms with van der Waals surface area (Å²) in [6, 6.07) is 5.32. The summed E-state index contributed by atoms with van der Waals surface area (Å²) in [5.74, 6) is 0. The van der Waals surface area contributed by atoms with E-state index in [0.29, 0.717) is 19.1 Å². The van der Waals surface area contributed by atoms with Gasteiger partial charge in [0.25, 0.3) is 0 Å². The first kappa shape index (κ1) is 14.9. The fourth-order valence-corrected chi connectivity index (χ4v) is 3.26. The second-order valence-electron chi connectivity index (χ2n) is 4.72. The van der Waals surface area contributed by atoms with Crippen LogP contribution in [-0.2, 0) is 10.0 Å². The fraction of sp³-hybridized carbons (Fsp3) is 0.538. The summed E-state index contributed by atoms with van der Waals surface area (Å²) in [5.41, 5.74) is -0.0745. The summed E-state index contributed by atoms with van der Waals surface area (Å²) in [7, 11) is -3.67. The van der Waals surface area contributed by atoms with E-state index >= 15 is 0 Å². The standard InChI is InChI=1S/C13H18N4O2S/c1-2-17(11-5-6-11)9-8-16-20(18,19)13-4-3-7-15-12(13)10-14/h3-4,7,11,16H,2,5-6,8-9H2,1H3. The Balaban J connectivity index is 1.99. The normalized spacial score (nSPS) is 15.2. The van der Waals surface area contributed by atoms with Crippen molar-refractivity contribution in [2.45, 2.75) is 30.7 Å². The van der Waals surface area contributed by atoms with Gasteiger partial charge in [0.1, 0.15) is 11.0 Å². The Bertz CT molecular complexity index is 605. The zero-order chi connectivity index (χ0) is 14.6. The molecular weight excluding hydrogens is 276 g/mol. The number of nitrogens with zero attached hydrogens (tertiary/aromatic N) is 3. The summed E-state index contributed by atoms with van der Waals surface area (Å²) in [4.78, 5) is 5.97. The quantitative estimate of drug-likeness (QED) is 0.800. The van der Waals surface area contributed by atoms with E-state index in [1.807, 2.05) is 0 Å². The third-order valence-corrected chi connectivity index (χ3v) is 4.82. The monoisotopic (exact) mass is 294 g/mol. The van der Waals surface area contributed by atoms with Crippen LogP contribution in [0.15, 0.2) is 23.2 Å². The van der Waals surface area contributed by atoms with Gasteiger partial charge >= 0.3 is 0 Å². The molecule has 1 N–H and O–H groups in total. The van der Waals surface area contributed by atoms with Gasteiger partial charge in [-0.1, -0.05) is 6.92 Å². The van der Waals surface area contributed by atoms with Gasteiger partial charge in [0.15, 0.2) is 5.69 Å². The molecule has 0 bridgehead atoms. The minimum absolute atomic E-state index is 0.0584. The molecule has 1 saturated carbocycles. The first-order valence-corrected chi connectivity index (χ1v) is 8.15. The van der Waals surface area contributed by atoms with Gasteiger partial charge in [-0.05, 0) is 31.5 Å². The molecule has 1 aliphatic carbocycles. The van der Waals surface area contributed by atoms with Crippen molar-refractivity contribution >= 4 is 10.0 Å². The van der Waals surface area contributed by atoms with Crippen LogP contribution >= 0.6 is 0 Å². The first-order chi connectivity index (χ1) is 9.58. The van der Waals surface area contributed by atoms with Crippen molar-refractivity contribution < 1.29 is 8.42 Å². The van der Waals surface area contributed by atoms with Gasteiger partial charge in [0.05, 0.1) is 0 Å². The van der Waals surface area contributed by atoms with Crippen LogP contribution in [0, 0.1) is 11.3 Å². The molecule has 0 aromatic carbocycles. The Morgan fingerprint density at radius 2 is 2.30 bits per heavy atom. The molecule has 1 heterocycles. The van der Waals surface area contributed by atoms with E-state index in [1.165, 1.54) is 31.2 Å². The molecule has 0 radical (unpaired) electrons. The van der Waals surface area contributed by atoms with E-state index in [9.17, 15) is 8.42 Å². The molecule has 7 heteroatoms. The van der Waals surface area contributed by atoms with Gasteiger partial charge < -0.3 is 0 Å². The predicted molar refractivity (Wildman–Crippen MR) is 74.4 cm³/mol. The lowest BCUT2D eigenvalue weighted by Gasteiger charge is -2.19. The van der Waals surface area contributed by atoms with Crippen LogP contribution < -0.4 is 4.72 Å². The highest BCUT2D eigenvalue weighted by Gasteiger charge is 2.27. The van der Waals surface area contributed by atoms with Crippen molar-refractivity contribution in [1.82, 2.24) is 14.6 Å². The molecule has 1 aliphatic rings. The van der Waals surface area contributed by atoms with Gasteiger partial charge in [-0.3, -0.25) is 4.90 Å². The highest BCUT2D eigenvalue weighted by Crippen LogP contribution is 2.25. The summed E-state index contributed by atoms with van der Waals surface area (Å²) < 4.78 is 26.8. The van der Waals surface area contributed by atoms with Gasteiger partial charge in [-0.15, -0.1) is 0 Å². The number of nitriles is 1. The predicted octanol–water partition coefficient (Wildman–Crippen LogP) is 0.716. The molecule has 0 unspecified atom stereocenters. The third-order valence-electron chi connectivity index (χ3n) is 3.33. The van der Waals surface area contributed by atoms with Crippen molar-refractivity contribution in [3.63, 3.8) is 0 Å². The first-order valence-electron chi connectivity index (χ1n) is 6.67. The average Bonchev–Trinajstić information content (AvgIpc) is 3.28. The maximum Gasteiger partial charge on any atom is 0.243 e. The van der Waals surface area contributed by atoms with Crippen LogP contribution in [0.3, 0.4) is 0 Å². The zero-order valence-electron chi connectivity index (χ0n) is 11.4. The molecule has 108 valence electrons. The number of nitrogens with one attached hydrogen (secondary N) is 1. The van der Waals surface area contributed by atoms with E-state index in [2.05, 4.69) is 21.5 Å². The topological polar surface area (TPSA) is 86.1 Å². The average molecular weight is 294 g/mol. The van der Waals surface area contributed by atoms with E-state index in [-0.39, 0.29) is 10.6 Å². The van der Waals surface area contributed by atoms with Crippen molar-refractivity contribution in [2.75, 3.05) is 19.6 Å². The zero-order valence-corrected chi connectivity index (χ0v) is 12.2. The summed E-state index contributed by atoms with van der Waals surface area (Å²) in [6.07, 6.45) is 3.80. The minimum atomic E-state index is -3.67. The summed E-state index contributed by atoms with van der Waals surface area (Å²) in [5, 5.41) is 8.90. The smallest absolute Gasteiger partial charge is 0.243 e. The Hall–Kier alpha value is -1.49. The Morgan fingerprint density at radius 1 is 1.55 bits per heavy atom. The second-order valence-corrected chi connectivity index (χ2v) is 6.45. The molecule has 1 fully saturated rings. The number of rotatable bonds is 7. The van der Waals surface area contributed by atoms with E-state index in [0.717, 1.165) is 6.54 Å². The fourth-order valence-electron chi connectivity index (χ4n) is 2.13. The van der Waals surface area contributed by atoms with Crippen LogP contribution in [0.25, 0.3) is 0 Å². The number of hydrogen-bond donors (Lipinski definition) is 1. The molecule has 0 saturated heterocycles. The van der Waals surface area contributed by atoms with Crippen molar-refractivity contribution in [1.29, 1.82) is 5.26 Å². The van der Waals surface area contributed by atoms with Gasteiger partial charge in [-0.25, -0.2) is 18.1 Å². The minimum Gasteiger partial charge on any atom is -0.299 e. The van der Waals surface area contributed by atoms with Crippen LogP contribution in [0.5, 0.6) is 0 Å². The molecule has 1 aromatic heterocycles. The molecule has 2 rings (SSSR count). The Labute approximate surface area is 119 Å². The molecular formula is C13H18N4O2S. The Morgan fingerprint density at radius 3 is 2.90 bits per heavy atom. The number of sulfonamides is 1. The maximum atomic E-state index is 12.1. The SMILES string of the molecule is CCN(CCNS(=O)(=O)c1cccnc1C#N)C1CC1. The van der Waals surface area contributed by atoms with Gasteiger partial charge in [0, 0.05) is 25.3 Å². The molecule has 0 amide bonds. The van der Waals surface area contributed by atoms with Gasteiger partial charge in [0.2, 0.25) is 10.0 Å². The van der Waals surface area contributed by atoms with Crippen LogP contribution in [0.2, 0.25) is 0 Å². The second kappa shape index (κ2) is 6.31. The van der Waals surface area contributed by atoms with Gasteiger partial charge in [-0.2, -0.15) is 5.26 Å². The molecule has 0 spiro atoms. The lowest BCUT2D eigenvalue weighted by atomic mass is 10.4. The van der Waals surface area contributed by atoms with Crippen LogP contribution in [0.1, 0.15) is 25.5 Å². The maximum absolute atomic E-state index is 12.1. The summed E-state index contributed by atoms with van der Waals surface area (Å²) >= 11 is 0. The molecule has 20 heavy (non-hydrogen) atoms. The van der Waals surface area contributed by atoms with Crippen LogP contribution in [-0.4, -0.2) is 44.0 Å². The van der Waals surface area contributed by atoms with E-state index in [1.54, 1.807) is 6.07 Å². The number of pyridine rings is 1. The highest BCUT2D eigenvalue weighted by molar-refractivity contribution is 7.89. The Kier molecular flexibility index (Phi) is 4.70. The van der Waals surface area contributed by atoms with E-state index < -0.39 is 10.0 Å². The lowest BCUT2D eigenvalue weighted by molar-refractivity contribution is 0.282. The molecule has 0 atom stereocenters. The molecule has 6 nitrogen and oxygen atoms in total. The van der Waals surface area contributed by atoms with Crippen molar-refractivity contribution in [2.24, 2.45) is 0 Å². The van der Waals surface area contributed by atoms with Crippen molar-refractivity contribution in [3.05, 3.63) is 24.0 Å².